The molecule has 0 heterocycles. The zero-order valence-electron chi connectivity index (χ0n) is 5.10. The second-order valence-corrected chi connectivity index (χ2v) is 1.80. The molecule has 1 rings (SSSR count). The third-order valence-corrected chi connectivity index (χ3v) is 1.01. The Morgan fingerprint density at radius 1 is 1.11 bits per heavy atom. The van der Waals surface area contributed by atoms with Crippen molar-refractivity contribution >= 4 is 0 Å². The molecule has 0 bridgehead atoms. The fourth-order valence-electron chi connectivity index (χ4n) is 0.533. The van der Waals surface area contributed by atoms with Crippen LogP contribution in [0.4, 0.5) is 4.39 Å². The maximum atomic E-state index is 12.1. The molecular formula is C7H7CrF. The summed E-state index contributed by atoms with van der Waals surface area (Å²) in [5, 5.41) is 0. The molecule has 0 saturated carbocycles. The van der Waals surface area contributed by atoms with Crippen molar-refractivity contribution in [2.45, 2.75) is 6.92 Å². The predicted octanol–water partition coefficient (Wildman–Crippen LogP) is 2.13. The zero-order valence-corrected chi connectivity index (χ0v) is 6.37. The van der Waals surface area contributed by atoms with Crippen molar-refractivity contribution in [3.05, 3.63) is 35.6 Å². The molecule has 1 aromatic carbocycles. The van der Waals surface area contributed by atoms with E-state index in [-0.39, 0.29) is 23.2 Å². The summed E-state index contributed by atoms with van der Waals surface area (Å²) in [6.07, 6.45) is 0. The number of halogens is 1. The van der Waals surface area contributed by atoms with Crippen molar-refractivity contribution in [2.24, 2.45) is 0 Å². The largest absolute Gasteiger partial charge is 0.207 e. The van der Waals surface area contributed by atoms with E-state index >= 15 is 0 Å². The number of hydrogen-bond acceptors (Lipinski definition) is 0. The third-order valence-electron chi connectivity index (χ3n) is 1.01. The van der Waals surface area contributed by atoms with Crippen LogP contribution in [0.15, 0.2) is 24.3 Å². The van der Waals surface area contributed by atoms with Crippen molar-refractivity contribution in [3.8, 4) is 0 Å². The summed E-state index contributed by atoms with van der Waals surface area (Å²) in [6, 6.07) is 6.40. The molecule has 0 N–H and O–H groups in total. The van der Waals surface area contributed by atoms with Crippen molar-refractivity contribution < 1.29 is 21.8 Å². The first-order chi connectivity index (χ1) is 3.79. The van der Waals surface area contributed by atoms with Crippen molar-refractivity contribution in [1.82, 2.24) is 0 Å². The van der Waals surface area contributed by atoms with Gasteiger partial charge in [0, 0.05) is 17.4 Å². The first kappa shape index (κ1) is 8.68. The molecule has 0 aliphatic carbocycles. The van der Waals surface area contributed by atoms with E-state index in [2.05, 4.69) is 0 Å². The van der Waals surface area contributed by atoms with Crippen LogP contribution in [0.1, 0.15) is 5.56 Å². The van der Waals surface area contributed by atoms with Crippen LogP contribution in [0.5, 0.6) is 0 Å². The molecular weight excluding hydrogens is 155 g/mol. The molecule has 0 nitrogen and oxygen atoms in total. The molecule has 1 aromatic rings. The topological polar surface area (TPSA) is 0 Å². The smallest absolute Gasteiger partial charge is 0.123 e. The Bertz CT molecular complexity index is 148. The van der Waals surface area contributed by atoms with E-state index in [9.17, 15) is 4.39 Å². The minimum atomic E-state index is -0.171. The summed E-state index contributed by atoms with van der Waals surface area (Å²) in [6.45, 7) is 1.93. The Labute approximate surface area is 64.8 Å². The van der Waals surface area contributed by atoms with E-state index in [0.717, 1.165) is 5.56 Å². The van der Waals surface area contributed by atoms with Crippen molar-refractivity contribution in [2.75, 3.05) is 0 Å². The predicted molar refractivity (Wildman–Crippen MR) is 31.1 cm³/mol. The van der Waals surface area contributed by atoms with Gasteiger partial charge in [0.05, 0.1) is 0 Å². The van der Waals surface area contributed by atoms with Gasteiger partial charge in [-0.2, -0.15) is 0 Å². The summed E-state index contributed by atoms with van der Waals surface area (Å²) in [7, 11) is 0. The second-order valence-electron chi connectivity index (χ2n) is 1.80. The van der Waals surface area contributed by atoms with Crippen molar-refractivity contribution in [1.29, 1.82) is 0 Å². The molecule has 9 heavy (non-hydrogen) atoms. The number of rotatable bonds is 0. The molecule has 0 aliphatic heterocycles. The first-order valence-corrected chi connectivity index (χ1v) is 2.51. The maximum absolute atomic E-state index is 12.1. The maximum Gasteiger partial charge on any atom is 0.123 e. The first-order valence-electron chi connectivity index (χ1n) is 2.51. The third kappa shape index (κ3) is 2.65. The van der Waals surface area contributed by atoms with Crippen LogP contribution in [-0.4, -0.2) is 0 Å². The van der Waals surface area contributed by atoms with Gasteiger partial charge in [-0.15, -0.1) is 0 Å². The van der Waals surface area contributed by atoms with E-state index in [4.69, 9.17) is 0 Å². The quantitative estimate of drug-likeness (QED) is 0.548. The Balaban J connectivity index is 0.000000640. The molecule has 0 atom stereocenters. The van der Waals surface area contributed by atoms with E-state index in [1.54, 1.807) is 12.1 Å². The summed E-state index contributed by atoms with van der Waals surface area (Å²) >= 11 is 0. The van der Waals surface area contributed by atoms with Crippen LogP contribution in [0, 0.1) is 12.7 Å². The van der Waals surface area contributed by atoms with E-state index in [0.29, 0.717) is 0 Å². The number of aryl methyl sites for hydroxylation is 1. The van der Waals surface area contributed by atoms with Crippen LogP contribution >= 0.6 is 0 Å². The second kappa shape index (κ2) is 3.66. The molecule has 0 fully saturated rings. The molecule has 0 saturated heterocycles. The normalized spacial score (nSPS) is 8.22. The van der Waals surface area contributed by atoms with Crippen molar-refractivity contribution in [3.63, 3.8) is 0 Å². The number of benzene rings is 1. The molecule has 0 spiro atoms. The fraction of sp³-hybridized carbons (Fsp3) is 0.143. The van der Waals surface area contributed by atoms with Crippen LogP contribution in [0.2, 0.25) is 0 Å². The Morgan fingerprint density at radius 2 is 1.56 bits per heavy atom. The van der Waals surface area contributed by atoms with Gasteiger partial charge in [-0.25, -0.2) is 4.39 Å². The monoisotopic (exact) mass is 162 g/mol. The zero-order chi connectivity index (χ0) is 5.98. The van der Waals surface area contributed by atoms with Crippen LogP contribution in [0.3, 0.4) is 0 Å². The standard InChI is InChI=1S/C7H7F.Cr/c1-6-2-4-7(8)5-3-6;/h2-5H,1H3;. The van der Waals surface area contributed by atoms with Gasteiger partial charge in [0.1, 0.15) is 5.82 Å². The Kier molecular flexibility index (Phi) is 3.53. The molecule has 0 aromatic heterocycles. The molecule has 0 aliphatic rings. The van der Waals surface area contributed by atoms with Gasteiger partial charge < -0.3 is 0 Å². The van der Waals surface area contributed by atoms with Crippen LogP contribution < -0.4 is 0 Å². The van der Waals surface area contributed by atoms with E-state index < -0.39 is 0 Å². The summed E-state index contributed by atoms with van der Waals surface area (Å²) in [5.74, 6) is -0.171. The van der Waals surface area contributed by atoms with Gasteiger partial charge in [0.25, 0.3) is 0 Å². The minimum absolute atomic E-state index is 0. The minimum Gasteiger partial charge on any atom is -0.207 e. The van der Waals surface area contributed by atoms with Gasteiger partial charge in [-0.3, -0.25) is 0 Å². The average Bonchev–Trinajstić information content (AvgIpc) is 1.77. The molecule has 0 amide bonds. The molecule has 2 heteroatoms. The Hall–Kier alpha value is -0.318. The molecule has 0 radical (unpaired) electrons. The fourth-order valence-corrected chi connectivity index (χ4v) is 0.533. The summed E-state index contributed by atoms with van der Waals surface area (Å²) in [5.41, 5.74) is 1.09. The molecule has 48 valence electrons. The number of hydrogen-bond donors (Lipinski definition) is 0. The van der Waals surface area contributed by atoms with E-state index in [1.165, 1.54) is 12.1 Å². The Morgan fingerprint density at radius 3 is 1.89 bits per heavy atom. The van der Waals surface area contributed by atoms with Gasteiger partial charge >= 0.3 is 0 Å². The summed E-state index contributed by atoms with van der Waals surface area (Å²) < 4.78 is 12.1. The van der Waals surface area contributed by atoms with E-state index in [1.807, 2.05) is 6.92 Å². The van der Waals surface area contributed by atoms with Crippen LogP contribution in [-0.2, 0) is 17.4 Å². The van der Waals surface area contributed by atoms with Gasteiger partial charge in [-0.1, -0.05) is 17.7 Å². The van der Waals surface area contributed by atoms with Gasteiger partial charge in [0.15, 0.2) is 0 Å². The SMILES string of the molecule is Cc1ccc(F)cc1.[Cr]. The van der Waals surface area contributed by atoms with Gasteiger partial charge in [-0.05, 0) is 19.1 Å². The average molecular weight is 162 g/mol. The van der Waals surface area contributed by atoms with Gasteiger partial charge in [0.2, 0.25) is 0 Å². The summed E-state index contributed by atoms with van der Waals surface area (Å²) in [4.78, 5) is 0. The molecule has 0 unspecified atom stereocenters. The van der Waals surface area contributed by atoms with Crippen LogP contribution in [0.25, 0.3) is 0 Å².